The Hall–Kier alpha value is -1.03. The number of ether oxygens (including phenoxy) is 2. The summed E-state index contributed by atoms with van der Waals surface area (Å²) in [7, 11) is 0. The molecule has 2 fully saturated rings. The van der Waals surface area contributed by atoms with E-state index in [0.717, 1.165) is 0 Å². The lowest BCUT2D eigenvalue weighted by Crippen LogP contribution is -2.63. The summed E-state index contributed by atoms with van der Waals surface area (Å²) in [5, 5.41) is 9.78. The largest absolute Gasteiger partial charge is 0.466 e. The van der Waals surface area contributed by atoms with Gasteiger partial charge in [-0.1, -0.05) is 6.92 Å². The highest BCUT2D eigenvalue weighted by atomic mass is 19.4. The van der Waals surface area contributed by atoms with Crippen molar-refractivity contribution in [2.45, 2.75) is 70.5 Å². The van der Waals surface area contributed by atoms with Gasteiger partial charge in [0.05, 0.1) is 24.7 Å². The quantitative estimate of drug-likeness (QED) is 0.494. The molecule has 10 heteroatoms. The maximum absolute atomic E-state index is 13.3. The number of aliphatic hydroxyl groups is 1. The van der Waals surface area contributed by atoms with Crippen molar-refractivity contribution < 1.29 is 45.7 Å². The molecule has 5 unspecified atom stereocenters. The Morgan fingerprint density at radius 3 is 2.04 bits per heavy atom. The summed E-state index contributed by atoms with van der Waals surface area (Å²) >= 11 is 0. The molecular weight excluding hydrogens is 394 g/mol. The predicted molar refractivity (Wildman–Crippen MR) is 86.2 cm³/mol. The van der Waals surface area contributed by atoms with Crippen LogP contribution < -0.4 is 0 Å². The third kappa shape index (κ3) is 3.86. The topological polar surface area (TPSA) is 55.8 Å². The van der Waals surface area contributed by atoms with Crippen LogP contribution in [0.3, 0.4) is 0 Å². The van der Waals surface area contributed by atoms with E-state index in [0.29, 0.717) is 12.8 Å². The molecule has 2 rings (SSSR count). The molecule has 1 N–H and O–H groups in total. The summed E-state index contributed by atoms with van der Waals surface area (Å²) in [6.45, 7) is 4.91. The normalized spacial score (nSPS) is 30.4. The van der Waals surface area contributed by atoms with Gasteiger partial charge < -0.3 is 14.6 Å². The van der Waals surface area contributed by atoms with Crippen LogP contribution in [-0.4, -0.2) is 48.3 Å². The fraction of sp³-hybridized carbons (Fsp3) is 0.944. The zero-order chi connectivity index (χ0) is 21.5. The monoisotopic (exact) mass is 420 g/mol. The van der Waals surface area contributed by atoms with Gasteiger partial charge in [0.15, 0.2) is 0 Å². The molecule has 0 aromatic heterocycles. The zero-order valence-electron chi connectivity index (χ0n) is 16.0. The molecule has 4 nitrogen and oxygen atoms in total. The van der Waals surface area contributed by atoms with E-state index < -0.39 is 47.3 Å². The standard InChI is InChI=1S/C18H26F6O4/c1-4-15(3,14(25)27-5-2)9-28-13-8-10-6-11(13)12(7-10)16(26,17(19,20)21)18(22,23)24/h10-13,26H,4-9H2,1-3H3. The van der Waals surface area contributed by atoms with Crippen molar-refractivity contribution in [2.24, 2.45) is 23.2 Å². The van der Waals surface area contributed by atoms with Crippen molar-refractivity contribution >= 4 is 5.97 Å². The van der Waals surface area contributed by atoms with Crippen molar-refractivity contribution in [3.05, 3.63) is 0 Å². The SMILES string of the molecule is CCOC(=O)C(C)(CC)COC1CC2CC1C(C(O)(C(F)(F)F)C(F)(F)F)C2. The average molecular weight is 420 g/mol. The molecule has 0 saturated heterocycles. The van der Waals surface area contributed by atoms with Crippen molar-refractivity contribution in [2.75, 3.05) is 13.2 Å². The number of alkyl halides is 6. The Kier molecular flexibility index (Phi) is 6.36. The summed E-state index contributed by atoms with van der Waals surface area (Å²) in [6, 6.07) is 0. The second-order valence-electron chi connectivity index (χ2n) is 8.09. The Balaban J connectivity index is 2.18. The number of hydrogen-bond acceptors (Lipinski definition) is 4. The molecule has 0 amide bonds. The van der Waals surface area contributed by atoms with Crippen LogP contribution in [0.25, 0.3) is 0 Å². The first-order chi connectivity index (χ1) is 12.7. The second kappa shape index (κ2) is 7.66. The van der Waals surface area contributed by atoms with E-state index in [9.17, 15) is 36.2 Å². The fourth-order valence-electron chi connectivity index (χ4n) is 4.44. The van der Waals surface area contributed by atoms with Crippen LogP contribution >= 0.6 is 0 Å². The van der Waals surface area contributed by atoms with Gasteiger partial charge in [0.1, 0.15) is 0 Å². The third-order valence-corrected chi connectivity index (χ3v) is 6.32. The lowest BCUT2D eigenvalue weighted by molar-refractivity contribution is -0.390. The first-order valence-corrected chi connectivity index (χ1v) is 9.35. The second-order valence-corrected chi connectivity index (χ2v) is 8.09. The van der Waals surface area contributed by atoms with E-state index in [1.165, 1.54) is 0 Å². The van der Waals surface area contributed by atoms with Crippen LogP contribution in [0.15, 0.2) is 0 Å². The summed E-state index contributed by atoms with van der Waals surface area (Å²) in [5.41, 5.74) is -5.81. The van der Waals surface area contributed by atoms with E-state index in [1.807, 2.05) is 0 Å². The number of carbonyl (C=O) groups is 1. The molecule has 0 aromatic carbocycles. The maximum Gasteiger partial charge on any atom is 0.426 e. The lowest BCUT2D eigenvalue weighted by atomic mass is 9.74. The molecule has 28 heavy (non-hydrogen) atoms. The number of carbonyl (C=O) groups excluding carboxylic acids is 1. The minimum absolute atomic E-state index is 0.131. The lowest BCUT2D eigenvalue weighted by Gasteiger charge is -2.43. The highest BCUT2D eigenvalue weighted by Crippen LogP contribution is 2.60. The van der Waals surface area contributed by atoms with E-state index in [2.05, 4.69) is 0 Å². The fourth-order valence-corrected chi connectivity index (χ4v) is 4.44. The Labute approximate surface area is 159 Å². The molecule has 0 spiro atoms. The van der Waals surface area contributed by atoms with Crippen LogP contribution in [0.5, 0.6) is 0 Å². The van der Waals surface area contributed by atoms with Crippen molar-refractivity contribution in [3.8, 4) is 0 Å². The molecule has 5 atom stereocenters. The van der Waals surface area contributed by atoms with Crippen LogP contribution in [0.4, 0.5) is 26.3 Å². The van der Waals surface area contributed by atoms with Gasteiger partial charge in [0, 0.05) is 5.92 Å². The minimum atomic E-state index is -5.84. The minimum Gasteiger partial charge on any atom is -0.466 e. The molecule has 0 heterocycles. The van der Waals surface area contributed by atoms with Gasteiger partial charge >= 0.3 is 18.3 Å². The molecule has 2 saturated carbocycles. The van der Waals surface area contributed by atoms with Gasteiger partial charge in [-0.15, -0.1) is 0 Å². The summed E-state index contributed by atoms with van der Waals surface area (Å²) < 4.78 is 90.2. The highest BCUT2D eigenvalue weighted by Gasteiger charge is 2.76. The van der Waals surface area contributed by atoms with Crippen molar-refractivity contribution in [1.29, 1.82) is 0 Å². The van der Waals surface area contributed by atoms with Gasteiger partial charge in [-0.05, 0) is 51.4 Å². The molecule has 0 aromatic rings. The molecule has 2 aliphatic carbocycles. The Bertz CT molecular complexity index is 561. The van der Waals surface area contributed by atoms with Crippen molar-refractivity contribution in [1.82, 2.24) is 0 Å². The predicted octanol–water partition coefficient (Wildman–Crippen LogP) is 4.25. The number of halogens is 6. The number of rotatable bonds is 7. The maximum atomic E-state index is 13.3. The zero-order valence-corrected chi connectivity index (χ0v) is 16.0. The molecule has 0 radical (unpaired) electrons. The highest BCUT2D eigenvalue weighted by molar-refractivity contribution is 5.76. The van der Waals surface area contributed by atoms with Gasteiger partial charge in [-0.25, -0.2) is 0 Å². The molecule has 0 aliphatic heterocycles. The first-order valence-electron chi connectivity index (χ1n) is 9.35. The Morgan fingerprint density at radius 1 is 1.04 bits per heavy atom. The number of fused-ring (bicyclic) bond motifs is 2. The molecule has 2 bridgehead atoms. The van der Waals surface area contributed by atoms with Gasteiger partial charge in [-0.3, -0.25) is 4.79 Å². The van der Waals surface area contributed by atoms with E-state index in [4.69, 9.17) is 9.47 Å². The van der Waals surface area contributed by atoms with Crippen LogP contribution in [0.1, 0.15) is 46.5 Å². The molecular formula is C18H26F6O4. The van der Waals surface area contributed by atoms with Gasteiger partial charge in [0.25, 0.3) is 5.60 Å². The third-order valence-electron chi connectivity index (χ3n) is 6.32. The Morgan fingerprint density at radius 2 is 1.61 bits per heavy atom. The number of esters is 1. The van der Waals surface area contributed by atoms with Crippen LogP contribution in [0.2, 0.25) is 0 Å². The molecule has 2 aliphatic rings. The van der Waals surface area contributed by atoms with Crippen LogP contribution in [-0.2, 0) is 14.3 Å². The average Bonchev–Trinajstić information content (AvgIpc) is 3.17. The smallest absolute Gasteiger partial charge is 0.426 e. The van der Waals surface area contributed by atoms with Gasteiger partial charge in [-0.2, -0.15) is 26.3 Å². The van der Waals surface area contributed by atoms with E-state index >= 15 is 0 Å². The van der Waals surface area contributed by atoms with E-state index in [-0.39, 0.29) is 32.0 Å². The van der Waals surface area contributed by atoms with Crippen molar-refractivity contribution in [3.63, 3.8) is 0 Å². The number of hydrogen-bond donors (Lipinski definition) is 1. The first kappa shape index (κ1) is 23.3. The van der Waals surface area contributed by atoms with Crippen LogP contribution in [0, 0.1) is 23.2 Å². The molecule has 164 valence electrons. The van der Waals surface area contributed by atoms with Gasteiger partial charge in [0.2, 0.25) is 0 Å². The van der Waals surface area contributed by atoms with E-state index in [1.54, 1.807) is 20.8 Å². The summed E-state index contributed by atoms with van der Waals surface area (Å²) in [6.07, 6.45) is -12.1. The summed E-state index contributed by atoms with van der Waals surface area (Å²) in [4.78, 5) is 12.1. The summed E-state index contributed by atoms with van der Waals surface area (Å²) in [5.74, 6) is -4.01.